The third-order valence-corrected chi connectivity index (χ3v) is 2.11. The van der Waals surface area contributed by atoms with Crippen LogP contribution in [0.15, 0.2) is 30.0 Å². The van der Waals surface area contributed by atoms with E-state index < -0.39 is 10.9 Å². The molecule has 1 rings (SSSR count). The molecule has 5 nitrogen and oxygen atoms in total. The monoisotopic (exact) mass is 255 g/mol. The van der Waals surface area contributed by atoms with Crippen molar-refractivity contribution in [3.8, 4) is 0 Å². The van der Waals surface area contributed by atoms with Crippen molar-refractivity contribution >= 4 is 23.6 Å². The lowest BCUT2D eigenvalue weighted by molar-refractivity contribution is -0.428. The Balaban J connectivity index is 2.86. The maximum atomic E-state index is 10.7. The first-order valence-electron chi connectivity index (χ1n) is 4.73. The Kier molecular flexibility index (Phi) is 4.66. The van der Waals surface area contributed by atoms with E-state index in [0.29, 0.717) is 10.6 Å². The molecule has 90 valence electrons. The van der Waals surface area contributed by atoms with Gasteiger partial charge in [-0.3, -0.25) is 14.9 Å². The van der Waals surface area contributed by atoms with E-state index in [9.17, 15) is 14.9 Å². The fourth-order valence-electron chi connectivity index (χ4n) is 1.07. The summed E-state index contributed by atoms with van der Waals surface area (Å²) in [6.45, 7) is 0.838. The lowest BCUT2D eigenvalue weighted by Gasteiger charge is -2.00. The van der Waals surface area contributed by atoms with Crippen molar-refractivity contribution in [1.82, 2.24) is 0 Å². The van der Waals surface area contributed by atoms with Gasteiger partial charge in [0.2, 0.25) is 0 Å². The van der Waals surface area contributed by atoms with Crippen molar-refractivity contribution < 1.29 is 14.5 Å². The summed E-state index contributed by atoms with van der Waals surface area (Å²) in [5.74, 6) is -0.561. The summed E-state index contributed by atoms with van der Waals surface area (Å²) in [6, 6.07) is 6.52. The van der Waals surface area contributed by atoms with Crippen LogP contribution in [0.3, 0.4) is 0 Å². The number of ether oxygens (including phenoxy) is 1. The van der Waals surface area contributed by atoms with E-state index in [1.807, 2.05) is 0 Å². The quantitative estimate of drug-likeness (QED) is 0.471. The van der Waals surface area contributed by atoms with Gasteiger partial charge < -0.3 is 4.74 Å². The smallest absolute Gasteiger partial charge is 0.303 e. The lowest BCUT2D eigenvalue weighted by atomic mass is 10.2. The number of esters is 1. The SMILES string of the molecule is CC(=O)OCC(=Cc1ccc(Cl)cc1)[N+](=O)[O-]. The molecule has 0 spiro atoms. The molecular formula is C11H10ClNO4. The average Bonchev–Trinajstić information content (AvgIpc) is 2.26. The molecule has 1 aromatic carbocycles. The summed E-state index contributed by atoms with van der Waals surface area (Å²) in [6.07, 6.45) is 1.33. The van der Waals surface area contributed by atoms with Crippen molar-refractivity contribution in [2.75, 3.05) is 6.61 Å². The zero-order chi connectivity index (χ0) is 12.8. The molecule has 0 fully saturated rings. The van der Waals surface area contributed by atoms with E-state index >= 15 is 0 Å². The van der Waals surface area contributed by atoms with Gasteiger partial charge in [0.1, 0.15) is 0 Å². The number of halogens is 1. The van der Waals surface area contributed by atoms with Crippen LogP contribution in [0, 0.1) is 10.1 Å². The molecule has 0 bridgehead atoms. The van der Waals surface area contributed by atoms with Crippen LogP contribution in [0.1, 0.15) is 12.5 Å². The van der Waals surface area contributed by atoms with Gasteiger partial charge in [0.25, 0.3) is 5.70 Å². The molecule has 1 aromatic rings. The van der Waals surface area contributed by atoms with Crippen LogP contribution in [0.25, 0.3) is 6.08 Å². The van der Waals surface area contributed by atoms with Gasteiger partial charge in [-0.15, -0.1) is 0 Å². The van der Waals surface area contributed by atoms with Crippen LogP contribution in [-0.2, 0) is 9.53 Å². The first-order chi connectivity index (χ1) is 7.99. The minimum Gasteiger partial charge on any atom is -0.454 e. The predicted octanol–water partition coefficient (Wildman–Crippen LogP) is 2.52. The van der Waals surface area contributed by atoms with Crippen LogP contribution >= 0.6 is 11.6 Å². The highest BCUT2D eigenvalue weighted by Gasteiger charge is 2.12. The molecule has 0 aliphatic heterocycles. The summed E-state index contributed by atoms with van der Waals surface area (Å²) in [5, 5.41) is 11.2. The van der Waals surface area contributed by atoms with Crippen molar-refractivity contribution in [1.29, 1.82) is 0 Å². The highest BCUT2D eigenvalue weighted by molar-refractivity contribution is 6.30. The molecule has 0 radical (unpaired) electrons. The predicted molar refractivity (Wildman–Crippen MR) is 63.1 cm³/mol. The second-order valence-corrected chi connectivity index (χ2v) is 3.66. The van der Waals surface area contributed by atoms with Gasteiger partial charge in [-0.2, -0.15) is 0 Å². The van der Waals surface area contributed by atoms with Crippen LogP contribution in [0.4, 0.5) is 0 Å². The standard InChI is InChI=1S/C11H10ClNO4/c1-8(14)17-7-11(13(15)16)6-9-2-4-10(12)5-3-9/h2-6H,7H2,1H3. The van der Waals surface area contributed by atoms with Crippen LogP contribution in [0.2, 0.25) is 5.02 Å². The summed E-state index contributed by atoms with van der Waals surface area (Å²) < 4.78 is 4.59. The number of hydrogen-bond donors (Lipinski definition) is 0. The number of hydrogen-bond acceptors (Lipinski definition) is 4. The Labute approximate surface area is 103 Å². The Hall–Kier alpha value is -1.88. The van der Waals surface area contributed by atoms with Gasteiger partial charge in [0.15, 0.2) is 6.61 Å². The van der Waals surface area contributed by atoms with Crippen molar-refractivity contribution in [2.45, 2.75) is 6.92 Å². The molecule has 0 unspecified atom stereocenters. The zero-order valence-electron chi connectivity index (χ0n) is 9.05. The van der Waals surface area contributed by atoms with E-state index in [0.717, 1.165) is 0 Å². The molecule has 0 saturated heterocycles. The van der Waals surface area contributed by atoms with E-state index in [-0.39, 0.29) is 12.3 Å². The van der Waals surface area contributed by atoms with Crippen molar-refractivity contribution in [2.24, 2.45) is 0 Å². The Bertz CT molecular complexity index is 453. The number of nitro groups is 1. The van der Waals surface area contributed by atoms with E-state index in [2.05, 4.69) is 4.74 Å². The maximum Gasteiger partial charge on any atom is 0.303 e. The maximum absolute atomic E-state index is 10.7. The highest BCUT2D eigenvalue weighted by atomic mass is 35.5. The number of nitrogens with zero attached hydrogens (tertiary/aromatic N) is 1. The Morgan fingerprint density at radius 2 is 2.06 bits per heavy atom. The molecule has 0 N–H and O–H groups in total. The molecule has 0 atom stereocenters. The van der Waals surface area contributed by atoms with Gasteiger partial charge in [-0.1, -0.05) is 23.7 Å². The van der Waals surface area contributed by atoms with Crippen LogP contribution in [-0.4, -0.2) is 17.5 Å². The van der Waals surface area contributed by atoms with Crippen LogP contribution < -0.4 is 0 Å². The minimum atomic E-state index is -0.586. The second-order valence-electron chi connectivity index (χ2n) is 3.22. The van der Waals surface area contributed by atoms with Crippen molar-refractivity contribution in [3.05, 3.63) is 50.7 Å². The first kappa shape index (κ1) is 13.2. The van der Waals surface area contributed by atoms with Gasteiger partial charge in [-0.05, 0) is 17.7 Å². The molecular weight excluding hydrogens is 246 g/mol. The third-order valence-electron chi connectivity index (χ3n) is 1.86. The van der Waals surface area contributed by atoms with Gasteiger partial charge >= 0.3 is 5.97 Å². The largest absolute Gasteiger partial charge is 0.454 e. The van der Waals surface area contributed by atoms with E-state index in [4.69, 9.17) is 11.6 Å². The summed E-state index contributed by atoms with van der Waals surface area (Å²) in [5.41, 5.74) is 0.427. The second kappa shape index (κ2) is 6.00. The van der Waals surface area contributed by atoms with Gasteiger partial charge in [0, 0.05) is 18.0 Å². The molecule has 0 saturated carbocycles. The molecule has 17 heavy (non-hydrogen) atoms. The number of carbonyl (C=O) groups excluding carboxylic acids is 1. The number of carbonyl (C=O) groups is 1. The molecule has 0 aliphatic rings. The van der Waals surface area contributed by atoms with Gasteiger partial charge in [-0.25, -0.2) is 0 Å². The fourth-order valence-corrected chi connectivity index (χ4v) is 1.20. The topological polar surface area (TPSA) is 69.4 Å². The van der Waals surface area contributed by atoms with E-state index in [1.165, 1.54) is 13.0 Å². The minimum absolute atomic E-state index is 0.192. The Morgan fingerprint density at radius 1 is 1.47 bits per heavy atom. The molecule has 0 amide bonds. The van der Waals surface area contributed by atoms with Crippen molar-refractivity contribution in [3.63, 3.8) is 0 Å². The van der Waals surface area contributed by atoms with E-state index in [1.54, 1.807) is 24.3 Å². The third kappa shape index (κ3) is 4.65. The molecule has 0 heterocycles. The number of rotatable bonds is 4. The van der Waals surface area contributed by atoms with Crippen LogP contribution in [0.5, 0.6) is 0 Å². The first-order valence-corrected chi connectivity index (χ1v) is 5.10. The highest BCUT2D eigenvalue weighted by Crippen LogP contribution is 2.13. The summed E-state index contributed by atoms with van der Waals surface area (Å²) in [4.78, 5) is 20.7. The lowest BCUT2D eigenvalue weighted by Crippen LogP contribution is -2.09. The van der Waals surface area contributed by atoms with Gasteiger partial charge in [0.05, 0.1) is 4.92 Å². The summed E-state index contributed by atoms with van der Waals surface area (Å²) in [7, 11) is 0. The normalized spacial score (nSPS) is 11.1. The average molecular weight is 256 g/mol. The number of benzene rings is 1. The summed E-state index contributed by atoms with van der Waals surface area (Å²) >= 11 is 5.69. The molecule has 0 aromatic heterocycles. The molecule has 6 heteroatoms. The Morgan fingerprint density at radius 3 is 2.53 bits per heavy atom. The molecule has 0 aliphatic carbocycles. The zero-order valence-corrected chi connectivity index (χ0v) is 9.81. The fraction of sp³-hybridized carbons (Fsp3) is 0.182.